The minimum atomic E-state index is -1.82. The molecule has 0 radical (unpaired) electrons. The van der Waals surface area contributed by atoms with E-state index in [1.54, 1.807) is 7.11 Å². The number of nitrogens with zero attached hydrogens (tertiary/aromatic N) is 1. The first kappa shape index (κ1) is 24.7. The molecule has 1 aliphatic rings. The predicted octanol–water partition coefficient (Wildman–Crippen LogP) is 2.47. The Hall–Kier alpha value is -3.59. The van der Waals surface area contributed by atoms with E-state index >= 15 is 0 Å². The highest BCUT2D eigenvalue weighted by atomic mass is 16.5. The van der Waals surface area contributed by atoms with Crippen LogP contribution in [0.25, 0.3) is 0 Å². The Labute approximate surface area is 186 Å². The molecule has 0 aromatic heterocycles. The molecule has 0 aliphatic carbocycles. The third kappa shape index (κ3) is 6.98. The van der Waals surface area contributed by atoms with Crippen molar-refractivity contribution in [1.82, 2.24) is 4.90 Å². The molecule has 2 aromatic rings. The maximum absolute atomic E-state index is 12.6. The van der Waals surface area contributed by atoms with Gasteiger partial charge in [-0.05, 0) is 30.5 Å². The number of likely N-dealkylation sites (tertiary alicyclic amines) is 1. The fraction of sp³-hybridized carbons (Fsp3) is 0.348. The van der Waals surface area contributed by atoms with E-state index in [0.717, 1.165) is 31.1 Å². The Balaban J connectivity index is 0.000000534. The normalized spacial score (nSPS) is 14.9. The van der Waals surface area contributed by atoms with Crippen molar-refractivity contribution in [1.29, 1.82) is 0 Å². The van der Waals surface area contributed by atoms with E-state index < -0.39 is 17.5 Å². The third-order valence-electron chi connectivity index (χ3n) is 5.17. The number of esters is 1. The maximum atomic E-state index is 12.6. The van der Waals surface area contributed by atoms with Crippen LogP contribution in [0.4, 0.5) is 5.69 Å². The van der Waals surface area contributed by atoms with Gasteiger partial charge in [-0.15, -0.1) is 0 Å². The first-order valence-electron chi connectivity index (χ1n) is 10.0. The van der Waals surface area contributed by atoms with Crippen LogP contribution in [0.2, 0.25) is 0 Å². The van der Waals surface area contributed by atoms with Crippen LogP contribution in [0.1, 0.15) is 18.4 Å². The van der Waals surface area contributed by atoms with Gasteiger partial charge in [0.2, 0.25) is 0 Å². The molecule has 1 saturated heterocycles. The first-order chi connectivity index (χ1) is 15.3. The van der Waals surface area contributed by atoms with Gasteiger partial charge in [-0.3, -0.25) is 4.90 Å². The number of carbonyl (C=O) groups is 3. The van der Waals surface area contributed by atoms with Crippen LogP contribution < -0.4 is 10.1 Å². The summed E-state index contributed by atoms with van der Waals surface area (Å²) < 4.78 is 10.4. The van der Waals surface area contributed by atoms with Gasteiger partial charge in [-0.1, -0.05) is 36.4 Å². The monoisotopic (exact) mass is 444 g/mol. The molecule has 0 saturated carbocycles. The SMILES string of the molecule is COC(=O)C1(Nc2cccc(OC)c2)CCN(Cc2ccccc2)CC1.O=C(O)C(=O)O. The zero-order valence-electron chi connectivity index (χ0n) is 18.1. The van der Waals surface area contributed by atoms with Crippen LogP contribution in [0, 0.1) is 0 Å². The molecule has 1 aliphatic heterocycles. The van der Waals surface area contributed by atoms with Crippen molar-refractivity contribution >= 4 is 23.6 Å². The Morgan fingerprint density at radius 1 is 0.969 bits per heavy atom. The molecule has 2 aromatic carbocycles. The Morgan fingerprint density at radius 3 is 2.12 bits per heavy atom. The summed E-state index contributed by atoms with van der Waals surface area (Å²) in [6.45, 7) is 2.57. The Bertz CT molecular complexity index is 898. The van der Waals surface area contributed by atoms with Crippen LogP contribution in [0.5, 0.6) is 5.75 Å². The quantitative estimate of drug-likeness (QED) is 0.455. The molecule has 3 N–H and O–H groups in total. The summed E-state index contributed by atoms with van der Waals surface area (Å²) in [5.41, 5.74) is 1.46. The lowest BCUT2D eigenvalue weighted by Crippen LogP contribution is -2.54. The van der Waals surface area contributed by atoms with Gasteiger partial charge in [0, 0.05) is 31.4 Å². The standard InChI is InChI=1S/C21H26N2O3.C2H2O4/c1-25-19-10-6-9-18(15-19)22-21(20(24)26-2)11-13-23(14-12-21)16-17-7-4-3-5-8-17;3-1(4)2(5)6/h3-10,15,22H,11-14,16H2,1-2H3;(H,3,4)(H,5,6). The van der Waals surface area contributed by atoms with E-state index in [-0.39, 0.29) is 5.97 Å². The van der Waals surface area contributed by atoms with Gasteiger partial charge in [0.05, 0.1) is 14.2 Å². The number of piperidine rings is 1. The number of aliphatic carboxylic acids is 2. The van der Waals surface area contributed by atoms with E-state index in [9.17, 15) is 4.79 Å². The molecule has 172 valence electrons. The number of carbonyl (C=O) groups excluding carboxylic acids is 1. The van der Waals surface area contributed by atoms with E-state index in [1.165, 1.54) is 12.7 Å². The summed E-state index contributed by atoms with van der Waals surface area (Å²) in [5.74, 6) is -3.10. The van der Waals surface area contributed by atoms with Crippen molar-refractivity contribution in [2.24, 2.45) is 0 Å². The third-order valence-corrected chi connectivity index (χ3v) is 5.17. The van der Waals surface area contributed by atoms with Gasteiger partial charge in [-0.2, -0.15) is 0 Å². The second-order valence-electron chi connectivity index (χ2n) is 7.30. The lowest BCUT2D eigenvalue weighted by Gasteiger charge is -2.40. The zero-order valence-corrected chi connectivity index (χ0v) is 18.1. The summed E-state index contributed by atoms with van der Waals surface area (Å²) in [7, 11) is 3.09. The minimum absolute atomic E-state index is 0.209. The van der Waals surface area contributed by atoms with Crippen molar-refractivity contribution in [2.45, 2.75) is 24.9 Å². The van der Waals surface area contributed by atoms with Gasteiger partial charge >= 0.3 is 17.9 Å². The molecule has 32 heavy (non-hydrogen) atoms. The number of hydrogen-bond acceptors (Lipinski definition) is 7. The number of benzene rings is 2. The molecule has 0 bridgehead atoms. The minimum Gasteiger partial charge on any atom is -0.497 e. The van der Waals surface area contributed by atoms with Crippen molar-refractivity contribution in [2.75, 3.05) is 32.6 Å². The fourth-order valence-corrected chi connectivity index (χ4v) is 3.49. The van der Waals surface area contributed by atoms with Crippen LogP contribution in [0.15, 0.2) is 54.6 Å². The van der Waals surface area contributed by atoms with Gasteiger partial charge in [-0.25, -0.2) is 14.4 Å². The van der Waals surface area contributed by atoms with E-state index in [2.05, 4.69) is 34.5 Å². The molecule has 0 spiro atoms. The molecule has 9 nitrogen and oxygen atoms in total. The van der Waals surface area contributed by atoms with Crippen molar-refractivity contribution < 1.29 is 34.1 Å². The molecule has 0 atom stereocenters. The van der Waals surface area contributed by atoms with Crippen LogP contribution in [-0.2, 0) is 25.7 Å². The lowest BCUT2D eigenvalue weighted by molar-refractivity contribution is -0.159. The number of hydrogen-bond donors (Lipinski definition) is 3. The Morgan fingerprint density at radius 2 is 1.59 bits per heavy atom. The van der Waals surface area contributed by atoms with E-state index in [1.807, 2.05) is 30.3 Å². The van der Waals surface area contributed by atoms with Crippen molar-refractivity contribution in [3.8, 4) is 5.75 Å². The fourth-order valence-electron chi connectivity index (χ4n) is 3.49. The highest BCUT2D eigenvalue weighted by Gasteiger charge is 2.42. The van der Waals surface area contributed by atoms with Crippen LogP contribution in [-0.4, -0.2) is 65.9 Å². The zero-order chi connectivity index (χ0) is 23.6. The number of methoxy groups -OCH3 is 2. The molecule has 3 rings (SSSR count). The number of nitrogens with one attached hydrogen (secondary N) is 1. The van der Waals surface area contributed by atoms with Crippen molar-refractivity contribution in [3.63, 3.8) is 0 Å². The van der Waals surface area contributed by atoms with Crippen molar-refractivity contribution in [3.05, 3.63) is 60.2 Å². The number of rotatable bonds is 6. The van der Waals surface area contributed by atoms with Crippen LogP contribution >= 0.6 is 0 Å². The summed E-state index contributed by atoms with van der Waals surface area (Å²) >= 11 is 0. The summed E-state index contributed by atoms with van der Waals surface area (Å²) in [4.78, 5) is 33.2. The van der Waals surface area contributed by atoms with Gasteiger partial charge in [0.15, 0.2) is 0 Å². The summed E-state index contributed by atoms with van der Waals surface area (Å²) in [6.07, 6.45) is 1.40. The average molecular weight is 444 g/mol. The molecule has 9 heteroatoms. The number of carboxylic acid groups (broad SMARTS) is 2. The molecule has 1 heterocycles. The first-order valence-corrected chi connectivity index (χ1v) is 10.0. The molecule has 1 fully saturated rings. The highest BCUT2D eigenvalue weighted by molar-refractivity contribution is 6.27. The predicted molar refractivity (Wildman–Crippen MR) is 118 cm³/mol. The number of carboxylic acids is 2. The highest BCUT2D eigenvalue weighted by Crippen LogP contribution is 2.30. The smallest absolute Gasteiger partial charge is 0.414 e. The largest absolute Gasteiger partial charge is 0.497 e. The number of anilines is 1. The number of ether oxygens (including phenoxy) is 2. The topological polar surface area (TPSA) is 125 Å². The second kappa shape index (κ2) is 11.7. The molecule has 0 unspecified atom stereocenters. The summed E-state index contributed by atoms with van der Waals surface area (Å²) in [5, 5.41) is 18.2. The van der Waals surface area contributed by atoms with Gasteiger partial charge < -0.3 is 25.0 Å². The molecular weight excluding hydrogens is 416 g/mol. The molecule has 0 amide bonds. The molecular formula is C23H28N2O7. The average Bonchev–Trinajstić information content (AvgIpc) is 2.81. The van der Waals surface area contributed by atoms with Crippen LogP contribution in [0.3, 0.4) is 0 Å². The lowest BCUT2D eigenvalue weighted by atomic mass is 9.86. The maximum Gasteiger partial charge on any atom is 0.414 e. The van der Waals surface area contributed by atoms with Gasteiger partial charge in [0.25, 0.3) is 0 Å². The summed E-state index contributed by atoms with van der Waals surface area (Å²) in [6, 6.07) is 18.1. The van der Waals surface area contributed by atoms with E-state index in [0.29, 0.717) is 12.8 Å². The Kier molecular flexibility index (Phi) is 9.03. The van der Waals surface area contributed by atoms with E-state index in [4.69, 9.17) is 29.3 Å². The second-order valence-corrected chi connectivity index (χ2v) is 7.30. The van der Waals surface area contributed by atoms with Gasteiger partial charge in [0.1, 0.15) is 11.3 Å².